The van der Waals surface area contributed by atoms with Gasteiger partial charge in [-0.2, -0.15) is 0 Å². The zero-order valence-corrected chi connectivity index (χ0v) is 16.8. The van der Waals surface area contributed by atoms with Gasteiger partial charge in [-0.15, -0.1) is 0 Å². The Bertz CT molecular complexity index is 1110. The molecule has 0 N–H and O–H groups in total. The van der Waals surface area contributed by atoms with E-state index >= 15 is 0 Å². The molecule has 0 aromatic heterocycles. The Kier molecular flexibility index (Phi) is 4.24. The van der Waals surface area contributed by atoms with Crippen LogP contribution in [0, 0.1) is 0 Å². The third-order valence-corrected chi connectivity index (χ3v) is 7.37. The highest BCUT2D eigenvalue weighted by molar-refractivity contribution is 7.93. The van der Waals surface area contributed by atoms with Crippen LogP contribution in [0.15, 0.2) is 65.6 Å². The van der Waals surface area contributed by atoms with E-state index in [-0.39, 0.29) is 0 Å². The third kappa shape index (κ3) is 3.22. The van der Waals surface area contributed by atoms with Gasteiger partial charge in [0.25, 0.3) is 10.0 Å². The van der Waals surface area contributed by atoms with Crippen LogP contribution in [0.2, 0.25) is 0 Å². The van der Waals surface area contributed by atoms with Gasteiger partial charge in [-0.25, -0.2) is 8.42 Å². The first kappa shape index (κ1) is 18.0. The van der Waals surface area contributed by atoms with Crippen LogP contribution in [-0.4, -0.2) is 40.6 Å². The topological polar surface area (TPSA) is 37.4 Å². The molecule has 1 aliphatic heterocycles. The van der Waals surface area contributed by atoms with Crippen LogP contribution in [0.3, 0.4) is 0 Å². The summed E-state index contributed by atoms with van der Waals surface area (Å²) >= 11 is 0. The Morgan fingerprint density at radius 2 is 1.67 bits per heavy atom. The van der Waals surface area contributed by atoms with E-state index in [1.807, 2.05) is 42.5 Å². The fraction of sp³-hybridized carbons (Fsp3) is 0.273. The van der Waals surface area contributed by atoms with E-state index in [0.717, 1.165) is 34.8 Å². The van der Waals surface area contributed by atoms with Gasteiger partial charge in [0, 0.05) is 24.4 Å². The third-order valence-electron chi connectivity index (χ3n) is 5.53. The molecular weight excluding hydrogens is 356 g/mol. The Morgan fingerprint density at radius 1 is 0.926 bits per heavy atom. The number of hydrogen-bond acceptors (Lipinski definition) is 2. The Balaban J connectivity index is 1.75. The van der Waals surface area contributed by atoms with E-state index in [4.69, 9.17) is 0 Å². The fourth-order valence-electron chi connectivity index (χ4n) is 3.87. The molecule has 0 fully saturated rings. The summed E-state index contributed by atoms with van der Waals surface area (Å²) in [6.45, 7) is 2.05. The standard InChI is InChI=1S/C22H25N2O2S/c1-23(20-12-11-19-16-24(2,3)14-13-18(19)15-20)27(25,26)22-10-6-8-17-7-4-5-9-21(17)22/h4-12,15H,13-14,16H2,1-3H3/q+1. The quantitative estimate of drug-likeness (QED) is 0.647. The molecular formula is C22H25N2O2S+. The van der Waals surface area contributed by atoms with Crippen LogP contribution in [0.25, 0.3) is 10.8 Å². The molecule has 3 aromatic rings. The number of rotatable bonds is 3. The average Bonchev–Trinajstić information content (AvgIpc) is 2.66. The van der Waals surface area contributed by atoms with Crippen molar-refractivity contribution in [2.45, 2.75) is 17.9 Å². The molecule has 0 amide bonds. The predicted octanol–water partition coefficient (Wildman–Crippen LogP) is 3.80. The molecule has 0 atom stereocenters. The van der Waals surface area contributed by atoms with Gasteiger partial charge in [0.1, 0.15) is 6.54 Å². The lowest BCUT2D eigenvalue weighted by Gasteiger charge is -2.35. The highest BCUT2D eigenvalue weighted by Crippen LogP contribution is 2.31. The van der Waals surface area contributed by atoms with Gasteiger partial charge < -0.3 is 4.48 Å². The second-order valence-electron chi connectivity index (χ2n) is 7.97. The van der Waals surface area contributed by atoms with Crippen molar-refractivity contribution in [2.75, 3.05) is 32.0 Å². The Hall–Kier alpha value is -2.37. The van der Waals surface area contributed by atoms with Gasteiger partial charge in [0.2, 0.25) is 0 Å². The average molecular weight is 382 g/mol. The Labute approximate surface area is 161 Å². The summed E-state index contributed by atoms with van der Waals surface area (Å²) in [5, 5.41) is 1.68. The summed E-state index contributed by atoms with van der Waals surface area (Å²) in [6.07, 6.45) is 0.971. The maximum absolute atomic E-state index is 13.3. The summed E-state index contributed by atoms with van der Waals surface area (Å²) < 4.78 is 29.1. The molecule has 0 aliphatic carbocycles. The minimum absolute atomic E-state index is 0.346. The smallest absolute Gasteiger partial charge is 0.264 e. The number of quaternary nitrogens is 1. The van der Waals surface area contributed by atoms with E-state index in [1.54, 1.807) is 19.2 Å². The van der Waals surface area contributed by atoms with Crippen LogP contribution >= 0.6 is 0 Å². The molecule has 140 valence electrons. The van der Waals surface area contributed by atoms with Gasteiger partial charge >= 0.3 is 0 Å². The van der Waals surface area contributed by atoms with E-state index in [2.05, 4.69) is 20.2 Å². The second-order valence-corrected chi connectivity index (χ2v) is 9.91. The summed E-state index contributed by atoms with van der Waals surface area (Å²) in [5.74, 6) is 0. The first-order valence-electron chi connectivity index (χ1n) is 9.18. The molecule has 0 bridgehead atoms. The zero-order valence-electron chi connectivity index (χ0n) is 16.0. The maximum atomic E-state index is 13.3. The van der Waals surface area contributed by atoms with Crippen LogP contribution < -0.4 is 4.31 Å². The number of hydrogen-bond donors (Lipinski definition) is 0. The molecule has 0 spiro atoms. The number of nitrogens with zero attached hydrogens (tertiary/aromatic N) is 2. The van der Waals surface area contributed by atoms with Crippen LogP contribution in [0.4, 0.5) is 5.69 Å². The molecule has 3 aromatic carbocycles. The molecule has 1 aliphatic rings. The van der Waals surface area contributed by atoms with Crippen molar-refractivity contribution >= 4 is 26.5 Å². The number of sulfonamides is 1. The minimum Gasteiger partial charge on any atom is -0.324 e. The lowest BCUT2D eigenvalue weighted by molar-refractivity contribution is -0.905. The lowest BCUT2D eigenvalue weighted by Crippen LogP contribution is -2.43. The van der Waals surface area contributed by atoms with Gasteiger partial charge in [0.05, 0.1) is 31.2 Å². The number of benzene rings is 3. The van der Waals surface area contributed by atoms with Crippen molar-refractivity contribution in [1.82, 2.24) is 0 Å². The molecule has 27 heavy (non-hydrogen) atoms. The van der Waals surface area contributed by atoms with Crippen molar-refractivity contribution in [3.63, 3.8) is 0 Å². The fourth-order valence-corrected chi connectivity index (χ4v) is 5.27. The monoisotopic (exact) mass is 381 g/mol. The minimum atomic E-state index is -3.64. The van der Waals surface area contributed by atoms with Gasteiger partial charge in [-0.3, -0.25) is 4.31 Å². The van der Waals surface area contributed by atoms with Crippen molar-refractivity contribution in [1.29, 1.82) is 0 Å². The molecule has 4 rings (SSSR count). The maximum Gasteiger partial charge on any atom is 0.264 e. The van der Waals surface area contributed by atoms with Crippen LogP contribution in [0.5, 0.6) is 0 Å². The van der Waals surface area contributed by atoms with Crippen LogP contribution in [0.1, 0.15) is 11.1 Å². The first-order valence-corrected chi connectivity index (χ1v) is 10.6. The van der Waals surface area contributed by atoms with Crippen molar-refractivity contribution < 1.29 is 12.9 Å². The van der Waals surface area contributed by atoms with E-state index in [9.17, 15) is 8.42 Å². The molecule has 0 saturated carbocycles. The molecule has 4 nitrogen and oxygen atoms in total. The van der Waals surface area contributed by atoms with Crippen molar-refractivity contribution in [3.8, 4) is 0 Å². The van der Waals surface area contributed by atoms with E-state index in [1.165, 1.54) is 15.4 Å². The number of anilines is 1. The van der Waals surface area contributed by atoms with Gasteiger partial charge in [-0.05, 0) is 29.1 Å². The number of likely N-dealkylation sites (N-methyl/N-ethyl adjacent to an activating group) is 1. The SMILES string of the molecule is CN(c1ccc2c(c1)CC[N+](C)(C)C2)S(=O)(=O)c1cccc2ccccc12. The van der Waals surface area contributed by atoms with Gasteiger partial charge in [-0.1, -0.05) is 42.5 Å². The highest BCUT2D eigenvalue weighted by Gasteiger charge is 2.27. The molecule has 0 radical (unpaired) electrons. The highest BCUT2D eigenvalue weighted by atomic mass is 32.2. The summed E-state index contributed by atoms with van der Waals surface area (Å²) in [7, 11) is 2.46. The first-order chi connectivity index (χ1) is 12.8. The molecule has 1 heterocycles. The van der Waals surface area contributed by atoms with Crippen molar-refractivity contribution in [2.24, 2.45) is 0 Å². The van der Waals surface area contributed by atoms with Crippen molar-refractivity contribution in [3.05, 3.63) is 71.8 Å². The molecule has 0 saturated heterocycles. The van der Waals surface area contributed by atoms with Crippen LogP contribution in [-0.2, 0) is 23.0 Å². The Morgan fingerprint density at radius 3 is 2.48 bits per heavy atom. The predicted molar refractivity (Wildman–Crippen MR) is 110 cm³/mol. The zero-order chi connectivity index (χ0) is 19.2. The lowest BCUT2D eigenvalue weighted by atomic mass is 9.98. The summed E-state index contributed by atoms with van der Waals surface area (Å²) in [5.41, 5.74) is 3.28. The van der Waals surface area contributed by atoms with E-state index in [0.29, 0.717) is 10.6 Å². The normalized spacial score (nSPS) is 16.1. The largest absolute Gasteiger partial charge is 0.324 e. The van der Waals surface area contributed by atoms with Gasteiger partial charge in [0.15, 0.2) is 0 Å². The molecule has 0 unspecified atom stereocenters. The second kappa shape index (κ2) is 6.36. The van der Waals surface area contributed by atoms with E-state index < -0.39 is 10.0 Å². The summed E-state index contributed by atoms with van der Waals surface area (Å²) in [4.78, 5) is 0.346. The molecule has 5 heteroatoms. The number of fused-ring (bicyclic) bond motifs is 2. The summed E-state index contributed by atoms with van der Waals surface area (Å²) in [6, 6.07) is 19.1.